The molecule has 0 bridgehead atoms. The molecule has 0 saturated carbocycles. The van der Waals surface area contributed by atoms with E-state index < -0.39 is 16.1 Å². The normalized spacial score (nSPS) is 13.0. The predicted octanol–water partition coefficient (Wildman–Crippen LogP) is 1.38. The van der Waals surface area contributed by atoms with Crippen LogP contribution in [-0.2, 0) is 20.1 Å². The molecule has 0 saturated heterocycles. The van der Waals surface area contributed by atoms with E-state index in [2.05, 4.69) is 26.0 Å². The van der Waals surface area contributed by atoms with Crippen molar-refractivity contribution < 1.29 is 13.2 Å². The summed E-state index contributed by atoms with van der Waals surface area (Å²) in [5, 5.41) is 3.23. The highest BCUT2D eigenvalue weighted by Crippen LogP contribution is 2.12. The second-order valence-corrected chi connectivity index (χ2v) is 6.29. The largest absolute Gasteiger partial charge is 0.355 e. The maximum absolute atomic E-state index is 12.0. The Balaban J connectivity index is 2.82. The van der Waals surface area contributed by atoms with Crippen molar-refractivity contribution in [1.82, 2.24) is 10.0 Å². The molecule has 1 atom stereocenters. The molecule has 0 aliphatic carbocycles. The lowest BCUT2D eigenvalue weighted by atomic mass is 10.2. The maximum atomic E-state index is 12.0. The Kier molecular flexibility index (Phi) is 5.96. The third kappa shape index (κ3) is 4.59. The van der Waals surface area contributed by atoms with E-state index in [0.29, 0.717) is 11.9 Å². The Morgan fingerprint density at radius 1 is 1.32 bits per heavy atom. The minimum Gasteiger partial charge on any atom is -0.355 e. The molecule has 19 heavy (non-hydrogen) atoms. The van der Waals surface area contributed by atoms with Crippen molar-refractivity contribution >= 4 is 31.9 Å². The molecule has 0 aromatic heterocycles. The summed E-state index contributed by atoms with van der Waals surface area (Å²) >= 11 is 3.29. The highest BCUT2D eigenvalue weighted by atomic mass is 79.9. The van der Waals surface area contributed by atoms with Gasteiger partial charge in [-0.2, -0.15) is 4.72 Å². The molecule has 5 nitrogen and oxygen atoms in total. The van der Waals surface area contributed by atoms with Crippen molar-refractivity contribution in [2.24, 2.45) is 0 Å². The maximum Gasteiger partial charge on any atom is 0.241 e. The number of hydrogen-bond acceptors (Lipinski definition) is 3. The van der Waals surface area contributed by atoms with Crippen molar-refractivity contribution in [3.05, 3.63) is 29.8 Å². The fourth-order valence-electron chi connectivity index (χ4n) is 1.44. The average molecular weight is 349 g/mol. The van der Waals surface area contributed by atoms with Gasteiger partial charge in [-0.05, 0) is 31.5 Å². The molecule has 106 valence electrons. The number of likely N-dealkylation sites (N-methyl/N-ethyl adjacent to an activating group) is 1. The number of hydrogen-bond donors (Lipinski definition) is 2. The Bertz CT molecular complexity index is 528. The first-order valence-corrected chi connectivity index (χ1v) is 8.46. The van der Waals surface area contributed by atoms with Gasteiger partial charge in [-0.3, -0.25) is 4.79 Å². The minimum atomic E-state index is -3.67. The van der Waals surface area contributed by atoms with Crippen LogP contribution in [0.25, 0.3) is 0 Å². The topological polar surface area (TPSA) is 75.3 Å². The number of rotatable bonds is 6. The molecule has 0 radical (unpaired) electrons. The smallest absolute Gasteiger partial charge is 0.241 e. The van der Waals surface area contributed by atoms with Gasteiger partial charge in [0.2, 0.25) is 15.9 Å². The lowest BCUT2D eigenvalue weighted by Crippen LogP contribution is -2.44. The van der Waals surface area contributed by atoms with E-state index in [4.69, 9.17) is 0 Å². The number of benzene rings is 1. The van der Waals surface area contributed by atoms with Crippen LogP contribution in [0.3, 0.4) is 0 Å². The summed E-state index contributed by atoms with van der Waals surface area (Å²) in [7, 11) is -3.67. The van der Waals surface area contributed by atoms with E-state index in [9.17, 15) is 13.2 Å². The van der Waals surface area contributed by atoms with E-state index in [1.165, 1.54) is 19.1 Å². The number of halogens is 1. The van der Waals surface area contributed by atoms with Gasteiger partial charge in [-0.25, -0.2) is 8.42 Å². The van der Waals surface area contributed by atoms with Gasteiger partial charge in [0.25, 0.3) is 0 Å². The van der Waals surface area contributed by atoms with E-state index in [1.54, 1.807) is 19.1 Å². The number of nitrogens with one attached hydrogen (secondary N) is 2. The van der Waals surface area contributed by atoms with Gasteiger partial charge in [0.05, 0.1) is 10.9 Å². The first kappa shape index (κ1) is 16.1. The Morgan fingerprint density at radius 2 is 1.89 bits per heavy atom. The van der Waals surface area contributed by atoms with Crippen LogP contribution in [0.15, 0.2) is 29.2 Å². The Labute approximate surface area is 122 Å². The molecule has 1 unspecified atom stereocenters. The molecule has 1 aromatic rings. The average Bonchev–Trinajstić information content (AvgIpc) is 2.38. The molecule has 1 amide bonds. The third-order valence-corrected chi connectivity index (χ3v) is 4.67. The van der Waals surface area contributed by atoms with Crippen LogP contribution in [0.2, 0.25) is 0 Å². The van der Waals surface area contributed by atoms with E-state index in [-0.39, 0.29) is 10.8 Å². The van der Waals surface area contributed by atoms with Gasteiger partial charge >= 0.3 is 0 Å². The number of sulfonamides is 1. The molecule has 0 aliphatic heterocycles. The first-order valence-electron chi connectivity index (χ1n) is 5.85. The van der Waals surface area contributed by atoms with Crippen LogP contribution >= 0.6 is 15.9 Å². The lowest BCUT2D eigenvalue weighted by Gasteiger charge is -2.13. The SMILES string of the molecule is CCNC(=O)C(C)NS(=O)(=O)c1ccc(CBr)cc1. The van der Waals surface area contributed by atoms with E-state index in [0.717, 1.165) is 5.56 Å². The fourth-order valence-corrected chi connectivity index (χ4v) is 3.02. The second-order valence-electron chi connectivity index (χ2n) is 4.02. The molecule has 1 rings (SSSR count). The molecular weight excluding hydrogens is 332 g/mol. The van der Waals surface area contributed by atoms with Gasteiger partial charge in [0, 0.05) is 11.9 Å². The summed E-state index contributed by atoms with van der Waals surface area (Å²) in [5.74, 6) is -0.344. The van der Waals surface area contributed by atoms with Gasteiger partial charge in [-0.15, -0.1) is 0 Å². The van der Waals surface area contributed by atoms with Gasteiger partial charge in [-0.1, -0.05) is 28.1 Å². The summed E-state index contributed by atoms with van der Waals surface area (Å²) in [4.78, 5) is 11.7. The van der Waals surface area contributed by atoms with Crippen LogP contribution in [0.5, 0.6) is 0 Å². The highest BCUT2D eigenvalue weighted by Gasteiger charge is 2.21. The highest BCUT2D eigenvalue weighted by molar-refractivity contribution is 9.08. The van der Waals surface area contributed by atoms with Crippen molar-refractivity contribution in [2.75, 3.05) is 6.54 Å². The zero-order valence-corrected chi connectivity index (χ0v) is 13.2. The zero-order valence-electron chi connectivity index (χ0n) is 10.8. The lowest BCUT2D eigenvalue weighted by molar-refractivity contribution is -0.122. The van der Waals surface area contributed by atoms with Crippen LogP contribution < -0.4 is 10.0 Å². The Hall–Kier alpha value is -0.920. The summed E-state index contributed by atoms with van der Waals surface area (Å²) < 4.78 is 26.4. The third-order valence-electron chi connectivity index (χ3n) is 2.46. The summed E-state index contributed by atoms with van der Waals surface area (Å²) in [5.41, 5.74) is 0.982. The summed E-state index contributed by atoms with van der Waals surface area (Å²) in [6, 6.07) is 5.67. The van der Waals surface area contributed by atoms with Crippen molar-refractivity contribution in [2.45, 2.75) is 30.1 Å². The molecule has 0 fully saturated rings. The minimum absolute atomic E-state index is 0.147. The van der Waals surface area contributed by atoms with Crippen molar-refractivity contribution in [1.29, 1.82) is 0 Å². The number of carbonyl (C=O) groups excluding carboxylic acids is 1. The molecule has 2 N–H and O–H groups in total. The summed E-state index contributed by atoms with van der Waals surface area (Å²) in [6.45, 7) is 3.75. The predicted molar refractivity (Wildman–Crippen MR) is 77.5 cm³/mol. The molecular formula is C12H17BrN2O3S. The van der Waals surface area contributed by atoms with Crippen LogP contribution in [0, 0.1) is 0 Å². The number of carbonyl (C=O) groups is 1. The molecule has 0 heterocycles. The quantitative estimate of drug-likeness (QED) is 0.762. The molecule has 0 aliphatic rings. The molecule has 0 spiro atoms. The van der Waals surface area contributed by atoms with Gasteiger partial charge in [0.15, 0.2) is 0 Å². The van der Waals surface area contributed by atoms with E-state index >= 15 is 0 Å². The monoisotopic (exact) mass is 348 g/mol. The fraction of sp³-hybridized carbons (Fsp3) is 0.417. The van der Waals surface area contributed by atoms with Crippen molar-refractivity contribution in [3.63, 3.8) is 0 Å². The Morgan fingerprint density at radius 3 is 2.37 bits per heavy atom. The number of alkyl halides is 1. The van der Waals surface area contributed by atoms with Gasteiger partial charge < -0.3 is 5.32 Å². The van der Waals surface area contributed by atoms with Crippen LogP contribution in [-0.4, -0.2) is 26.9 Å². The van der Waals surface area contributed by atoms with Crippen LogP contribution in [0.1, 0.15) is 19.4 Å². The summed E-state index contributed by atoms with van der Waals surface area (Å²) in [6.07, 6.45) is 0. The second kappa shape index (κ2) is 7.02. The van der Waals surface area contributed by atoms with Crippen LogP contribution in [0.4, 0.5) is 0 Å². The standard InChI is InChI=1S/C12H17BrN2O3S/c1-3-14-12(16)9(2)15-19(17,18)11-6-4-10(8-13)5-7-11/h4-7,9,15H,3,8H2,1-2H3,(H,14,16). The van der Waals surface area contributed by atoms with Crippen molar-refractivity contribution in [3.8, 4) is 0 Å². The zero-order chi connectivity index (χ0) is 14.5. The number of amides is 1. The molecule has 1 aromatic carbocycles. The first-order chi connectivity index (χ1) is 8.90. The van der Waals surface area contributed by atoms with Gasteiger partial charge in [0.1, 0.15) is 0 Å². The van der Waals surface area contributed by atoms with E-state index in [1.807, 2.05) is 0 Å². The molecule has 7 heteroatoms.